The molecule has 2 aliphatic heterocycles. The lowest BCUT2D eigenvalue weighted by molar-refractivity contribution is -0.144. The van der Waals surface area contributed by atoms with Crippen molar-refractivity contribution in [2.45, 2.75) is 39.5 Å². The zero-order valence-electron chi connectivity index (χ0n) is 24.4. The van der Waals surface area contributed by atoms with Gasteiger partial charge in [0, 0.05) is 43.7 Å². The van der Waals surface area contributed by atoms with Crippen molar-refractivity contribution in [3.05, 3.63) is 64.0 Å². The lowest BCUT2D eigenvalue weighted by atomic mass is 9.85. The number of carboxylic acids is 1. The van der Waals surface area contributed by atoms with Crippen LogP contribution in [0, 0.1) is 24.7 Å². The molecule has 2 saturated heterocycles. The number of aryl methyl sites for hydroxylation is 1. The van der Waals surface area contributed by atoms with Gasteiger partial charge in [-0.05, 0) is 67.1 Å². The Balaban J connectivity index is 1.16. The number of ether oxygens (including phenoxy) is 1. The number of carboxylic acid groups (broad SMARTS) is 1. The van der Waals surface area contributed by atoms with Crippen molar-refractivity contribution in [2.75, 3.05) is 42.6 Å². The number of nitrogens with zero attached hydrogens (tertiary/aromatic N) is 4. The van der Waals surface area contributed by atoms with Gasteiger partial charge in [0.15, 0.2) is 15.0 Å². The second-order valence-corrected chi connectivity index (χ2v) is 15.2. The van der Waals surface area contributed by atoms with Gasteiger partial charge in [-0.3, -0.25) is 14.7 Å². The Hall–Kier alpha value is -3.28. The Morgan fingerprint density at radius 1 is 1.12 bits per heavy atom. The van der Waals surface area contributed by atoms with Crippen LogP contribution in [0.5, 0.6) is 5.75 Å². The van der Waals surface area contributed by atoms with Crippen LogP contribution < -0.4 is 9.64 Å². The molecular weight excluding hydrogens is 585 g/mol. The highest BCUT2D eigenvalue weighted by Crippen LogP contribution is 2.44. The number of aromatic nitrogens is 1. The fraction of sp³-hybridized carbons (Fsp3) is 0.469. The predicted octanol–water partition coefficient (Wildman–Crippen LogP) is 4.68. The normalized spacial score (nSPS) is 23.3. The average Bonchev–Trinajstić information content (AvgIpc) is 3.57. The van der Waals surface area contributed by atoms with Gasteiger partial charge in [-0.1, -0.05) is 29.8 Å². The van der Waals surface area contributed by atoms with Gasteiger partial charge < -0.3 is 14.7 Å². The van der Waals surface area contributed by atoms with Crippen molar-refractivity contribution in [2.24, 2.45) is 22.7 Å². The Morgan fingerprint density at radius 3 is 2.56 bits per heavy atom. The van der Waals surface area contributed by atoms with Gasteiger partial charge in [0.2, 0.25) is 0 Å². The van der Waals surface area contributed by atoms with E-state index in [0.29, 0.717) is 32.8 Å². The first-order valence-corrected chi connectivity index (χ1v) is 17.5. The predicted molar refractivity (Wildman–Crippen MR) is 170 cm³/mol. The van der Waals surface area contributed by atoms with E-state index in [2.05, 4.69) is 58.1 Å². The SMILES string of the molecule is C=NCc1cc(CN2CCS(=O)(=O)CC2)ccc1COc1ccc(C)cc1-c1csc(N2C[C@H]3CC[C@@H](C2)[C@H]3C(=O)O)n1. The van der Waals surface area contributed by atoms with Crippen LogP contribution in [0.25, 0.3) is 11.3 Å². The first-order chi connectivity index (χ1) is 20.7. The van der Waals surface area contributed by atoms with Crippen LogP contribution in [0.3, 0.4) is 0 Å². The summed E-state index contributed by atoms with van der Waals surface area (Å²) in [4.78, 5) is 25.4. The molecule has 228 valence electrons. The molecule has 43 heavy (non-hydrogen) atoms. The summed E-state index contributed by atoms with van der Waals surface area (Å²) in [6.07, 6.45) is 1.94. The Labute approximate surface area is 257 Å². The molecule has 2 aromatic carbocycles. The second-order valence-electron chi connectivity index (χ2n) is 12.1. The number of hydrogen-bond donors (Lipinski definition) is 1. The molecule has 0 radical (unpaired) electrons. The summed E-state index contributed by atoms with van der Waals surface area (Å²) in [5.41, 5.74) is 6.10. The van der Waals surface area contributed by atoms with E-state index in [0.717, 1.165) is 70.3 Å². The molecule has 0 spiro atoms. The highest BCUT2D eigenvalue weighted by atomic mass is 32.2. The molecule has 3 aliphatic rings. The third kappa shape index (κ3) is 6.63. The quantitative estimate of drug-likeness (QED) is 0.325. The molecule has 0 amide bonds. The number of aliphatic imine (C=N–C) groups is 1. The van der Waals surface area contributed by atoms with Crippen molar-refractivity contribution in [1.82, 2.24) is 9.88 Å². The van der Waals surface area contributed by atoms with E-state index in [9.17, 15) is 18.3 Å². The zero-order valence-corrected chi connectivity index (χ0v) is 26.1. The minimum atomic E-state index is -2.91. The Bertz CT molecular complexity index is 1590. The molecule has 1 aliphatic carbocycles. The molecule has 11 heteroatoms. The molecule has 6 rings (SSSR count). The molecule has 1 aromatic heterocycles. The van der Waals surface area contributed by atoms with Crippen molar-refractivity contribution < 1.29 is 23.1 Å². The molecule has 9 nitrogen and oxygen atoms in total. The molecule has 1 saturated carbocycles. The van der Waals surface area contributed by atoms with Crippen molar-refractivity contribution in [1.29, 1.82) is 0 Å². The summed E-state index contributed by atoms with van der Waals surface area (Å²) in [7, 11) is -2.91. The fourth-order valence-electron chi connectivity index (χ4n) is 6.79. The van der Waals surface area contributed by atoms with E-state index >= 15 is 0 Å². The molecule has 3 aromatic rings. The van der Waals surface area contributed by atoms with Crippen molar-refractivity contribution in [3.8, 4) is 17.0 Å². The minimum Gasteiger partial charge on any atom is -0.488 e. The largest absolute Gasteiger partial charge is 0.488 e. The maximum Gasteiger partial charge on any atom is 0.307 e. The third-order valence-electron chi connectivity index (χ3n) is 9.07. The molecule has 3 atom stereocenters. The number of carbonyl (C=O) groups is 1. The average molecular weight is 623 g/mol. The van der Waals surface area contributed by atoms with E-state index in [4.69, 9.17) is 9.72 Å². The first-order valence-electron chi connectivity index (χ1n) is 14.8. The monoisotopic (exact) mass is 622 g/mol. The molecule has 3 fully saturated rings. The number of aliphatic carboxylic acids is 1. The maximum atomic E-state index is 11.8. The number of rotatable bonds is 10. The number of piperidine rings is 1. The smallest absolute Gasteiger partial charge is 0.307 e. The lowest BCUT2D eigenvalue weighted by Crippen LogP contribution is -2.44. The van der Waals surface area contributed by atoms with E-state index in [1.54, 1.807) is 11.3 Å². The number of benzene rings is 2. The Kier molecular flexibility index (Phi) is 8.57. The second kappa shape index (κ2) is 12.4. The van der Waals surface area contributed by atoms with Gasteiger partial charge in [0.1, 0.15) is 12.4 Å². The number of fused-ring (bicyclic) bond motifs is 2. The highest BCUT2D eigenvalue weighted by molar-refractivity contribution is 7.91. The summed E-state index contributed by atoms with van der Waals surface area (Å²) >= 11 is 1.60. The van der Waals surface area contributed by atoms with Gasteiger partial charge in [-0.2, -0.15) is 0 Å². The summed E-state index contributed by atoms with van der Waals surface area (Å²) in [5, 5.41) is 12.7. The van der Waals surface area contributed by atoms with Crippen LogP contribution in [0.1, 0.15) is 35.1 Å². The van der Waals surface area contributed by atoms with Crippen molar-refractivity contribution >= 4 is 39.0 Å². The van der Waals surface area contributed by atoms with Crippen molar-refractivity contribution in [3.63, 3.8) is 0 Å². The highest BCUT2D eigenvalue weighted by Gasteiger charge is 2.46. The Morgan fingerprint density at radius 2 is 1.86 bits per heavy atom. The molecule has 1 N–H and O–H groups in total. The third-order valence-corrected chi connectivity index (χ3v) is 11.6. The van der Waals surface area contributed by atoms with E-state index in [1.165, 1.54) is 0 Å². The van der Waals surface area contributed by atoms with Gasteiger partial charge in [-0.25, -0.2) is 13.4 Å². The molecular formula is C32H38N4O5S2. The standard InChI is InChI=1S/C32H38N4O5S2/c1-21-3-8-29(27(13-21)28-20-42-32(34-28)36-17-23-6-7-24(18-36)30(23)31(37)38)41-19-25-5-4-22(14-26(25)15-33-2)16-35-9-11-43(39,40)12-10-35/h3-5,8,13-14,20,23-24,30H,2,6-7,9-12,15-19H2,1H3,(H,37,38)/t23-,24+,30+. The maximum absolute atomic E-state index is 11.8. The minimum absolute atomic E-state index is 0.183. The number of anilines is 1. The fourth-order valence-corrected chi connectivity index (χ4v) is 8.92. The summed E-state index contributed by atoms with van der Waals surface area (Å²) in [5.74, 6) is 0.656. The molecule has 0 unspecified atom stereocenters. The summed E-state index contributed by atoms with van der Waals surface area (Å²) in [6, 6.07) is 12.4. The van der Waals surface area contributed by atoms with Crippen LogP contribution in [0.15, 0.2) is 46.8 Å². The van der Waals surface area contributed by atoms with Crippen LogP contribution in [-0.4, -0.2) is 73.8 Å². The van der Waals surface area contributed by atoms with E-state index in [1.807, 2.05) is 12.1 Å². The van der Waals surface area contributed by atoms with Gasteiger partial charge in [0.25, 0.3) is 0 Å². The van der Waals surface area contributed by atoms with Crippen LogP contribution in [0.2, 0.25) is 0 Å². The van der Waals surface area contributed by atoms with E-state index in [-0.39, 0.29) is 29.3 Å². The number of sulfone groups is 1. The van der Waals surface area contributed by atoms with Gasteiger partial charge >= 0.3 is 5.97 Å². The summed E-state index contributed by atoms with van der Waals surface area (Å²) in [6.45, 7) is 9.88. The zero-order chi connectivity index (χ0) is 30.1. The van der Waals surface area contributed by atoms with Gasteiger partial charge in [0.05, 0.1) is 29.7 Å². The number of hydrogen-bond acceptors (Lipinski definition) is 9. The van der Waals surface area contributed by atoms with Crippen LogP contribution in [0.4, 0.5) is 5.13 Å². The van der Waals surface area contributed by atoms with Gasteiger partial charge in [-0.15, -0.1) is 11.3 Å². The van der Waals surface area contributed by atoms with E-state index < -0.39 is 15.8 Å². The summed E-state index contributed by atoms with van der Waals surface area (Å²) < 4.78 is 30.0. The first kappa shape index (κ1) is 29.8. The molecule has 3 heterocycles. The van der Waals surface area contributed by atoms with Crippen LogP contribution >= 0.6 is 11.3 Å². The topological polar surface area (TPSA) is 112 Å². The lowest BCUT2D eigenvalue weighted by Gasteiger charge is -2.35. The van der Waals surface area contributed by atoms with Crippen LogP contribution in [-0.2, 0) is 34.3 Å². The number of thiazole rings is 1. The molecule has 2 bridgehead atoms.